The Labute approximate surface area is 85.5 Å². The van der Waals surface area contributed by atoms with Crippen molar-refractivity contribution >= 4 is 17.6 Å². The van der Waals surface area contributed by atoms with Crippen LogP contribution in [0.15, 0.2) is 29.9 Å². The van der Waals surface area contributed by atoms with Gasteiger partial charge >= 0.3 is 0 Å². The Morgan fingerprint density at radius 1 is 1.36 bits per heavy atom. The van der Waals surface area contributed by atoms with Crippen molar-refractivity contribution in [3.05, 3.63) is 34.9 Å². The summed E-state index contributed by atoms with van der Waals surface area (Å²) in [4.78, 5) is 18.5. The Hall–Kier alpha value is -1.55. The quantitative estimate of drug-likeness (QED) is 0.718. The third-order valence-corrected chi connectivity index (χ3v) is 2.66. The molecule has 0 aliphatic rings. The van der Waals surface area contributed by atoms with Crippen molar-refractivity contribution < 1.29 is 4.79 Å². The summed E-state index contributed by atoms with van der Waals surface area (Å²) in [7, 11) is 0. The molecule has 0 atom stereocenters. The van der Waals surface area contributed by atoms with Crippen LogP contribution in [-0.2, 0) is 11.2 Å². The zero-order valence-corrected chi connectivity index (χ0v) is 8.20. The van der Waals surface area contributed by atoms with Crippen LogP contribution in [0.3, 0.4) is 0 Å². The van der Waals surface area contributed by atoms with E-state index in [-0.39, 0.29) is 0 Å². The Morgan fingerprint density at radius 2 is 2.14 bits per heavy atom. The standard InChI is InChI=1S/C10H8N2OS/c13-6-3-10-12-9(7-14-10)8-1-4-11-5-2-8/h1-2,4-7H,3H2. The van der Waals surface area contributed by atoms with Gasteiger partial charge in [-0.05, 0) is 12.1 Å². The molecule has 14 heavy (non-hydrogen) atoms. The molecule has 2 aromatic heterocycles. The van der Waals surface area contributed by atoms with Crippen molar-refractivity contribution in [2.45, 2.75) is 6.42 Å². The van der Waals surface area contributed by atoms with Crippen LogP contribution in [0.5, 0.6) is 0 Å². The first-order valence-electron chi connectivity index (χ1n) is 4.18. The monoisotopic (exact) mass is 204 g/mol. The number of aromatic nitrogens is 2. The molecule has 0 aliphatic carbocycles. The first-order valence-corrected chi connectivity index (χ1v) is 5.06. The van der Waals surface area contributed by atoms with Crippen molar-refractivity contribution in [3.8, 4) is 11.3 Å². The molecule has 2 heterocycles. The molecule has 0 saturated heterocycles. The van der Waals surface area contributed by atoms with E-state index in [4.69, 9.17) is 0 Å². The van der Waals surface area contributed by atoms with Crippen LogP contribution < -0.4 is 0 Å². The third-order valence-electron chi connectivity index (χ3n) is 1.79. The number of pyridine rings is 1. The van der Waals surface area contributed by atoms with Crippen LogP contribution in [0, 0.1) is 0 Å². The van der Waals surface area contributed by atoms with Crippen molar-refractivity contribution in [2.75, 3.05) is 0 Å². The lowest BCUT2D eigenvalue weighted by Crippen LogP contribution is -1.84. The molecule has 0 spiro atoms. The zero-order chi connectivity index (χ0) is 9.80. The average molecular weight is 204 g/mol. The van der Waals surface area contributed by atoms with Gasteiger partial charge < -0.3 is 4.79 Å². The minimum absolute atomic E-state index is 0.399. The molecule has 0 radical (unpaired) electrons. The van der Waals surface area contributed by atoms with Gasteiger partial charge in [-0.1, -0.05) is 0 Å². The van der Waals surface area contributed by atoms with Crippen molar-refractivity contribution in [1.82, 2.24) is 9.97 Å². The number of aldehydes is 1. The molecule has 4 heteroatoms. The summed E-state index contributed by atoms with van der Waals surface area (Å²) in [6.45, 7) is 0. The molecule has 0 unspecified atom stereocenters. The van der Waals surface area contributed by atoms with E-state index in [0.29, 0.717) is 6.42 Å². The highest BCUT2D eigenvalue weighted by Gasteiger charge is 2.02. The van der Waals surface area contributed by atoms with E-state index in [1.807, 2.05) is 17.5 Å². The van der Waals surface area contributed by atoms with Crippen molar-refractivity contribution in [1.29, 1.82) is 0 Å². The van der Waals surface area contributed by atoms with Gasteiger partial charge in [0.15, 0.2) is 0 Å². The van der Waals surface area contributed by atoms with E-state index in [9.17, 15) is 4.79 Å². The van der Waals surface area contributed by atoms with Crippen molar-refractivity contribution in [2.24, 2.45) is 0 Å². The second kappa shape index (κ2) is 4.11. The van der Waals surface area contributed by atoms with Gasteiger partial charge in [0.05, 0.1) is 12.1 Å². The smallest absolute Gasteiger partial charge is 0.126 e. The van der Waals surface area contributed by atoms with Gasteiger partial charge in [0, 0.05) is 23.3 Å². The molecule has 0 bridgehead atoms. The molecule has 0 aromatic carbocycles. The highest BCUT2D eigenvalue weighted by atomic mass is 32.1. The summed E-state index contributed by atoms with van der Waals surface area (Å²) in [6, 6.07) is 3.81. The second-order valence-electron chi connectivity index (χ2n) is 2.73. The fraction of sp³-hybridized carbons (Fsp3) is 0.100. The Kier molecular flexibility index (Phi) is 2.65. The first-order chi connectivity index (χ1) is 6.90. The van der Waals surface area contributed by atoms with Gasteiger partial charge in [-0.2, -0.15) is 0 Å². The topological polar surface area (TPSA) is 42.9 Å². The van der Waals surface area contributed by atoms with Crippen LogP contribution in [0.1, 0.15) is 5.01 Å². The van der Waals surface area contributed by atoms with Gasteiger partial charge in [-0.25, -0.2) is 4.98 Å². The van der Waals surface area contributed by atoms with E-state index in [0.717, 1.165) is 22.6 Å². The summed E-state index contributed by atoms with van der Waals surface area (Å²) < 4.78 is 0. The van der Waals surface area contributed by atoms with Crippen LogP contribution in [0.25, 0.3) is 11.3 Å². The molecule has 2 aromatic rings. The van der Waals surface area contributed by atoms with Crippen LogP contribution in [0.4, 0.5) is 0 Å². The predicted octanol–water partition coefficient (Wildman–Crippen LogP) is 1.95. The molecule has 0 fully saturated rings. The zero-order valence-electron chi connectivity index (χ0n) is 7.38. The summed E-state index contributed by atoms with van der Waals surface area (Å²) in [6.07, 6.45) is 4.73. The summed E-state index contributed by atoms with van der Waals surface area (Å²) in [5.74, 6) is 0. The number of carbonyl (C=O) groups excluding carboxylic acids is 1. The minimum Gasteiger partial charge on any atom is -0.303 e. The average Bonchev–Trinajstić information content (AvgIpc) is 2.68. The summed E-state index contributed by atoms with van der Waals surface area (Å²) in [5, 5.41) is 2.81. The van der Waals surface area contributed by atoms with Gasteiger partial charge in [0.25, 0.3) is 0 Å². The lowest BCUT2D eigenvalue weighted by atomic mass is 10.2. The number of thiazole rings is 1. The second-order valence-corrected chi connectivity index (χ2v) is 3.68. The molecule has 70 valence electrons. The lowest BCUT2D eigenvalue weighted by Gasteiger charge is -1.92. The van der Waals surface area contributed by atoms with E-state index < -0.39 is 0 Å². The number of nitrogens with zero attached hydrogens (tertiary/aromatic N) is 2. The Bertz CT molecular complexity index is 425. The lowest BCUT2D eigenvalue weighted by molar-refractivity contribution is -0.107. The van der Waals surface area contributed by atoms with E-state index in [1.54, 1.807) is 12.4 Å². The predicted molar refractivity (Wildman–Crippen MR) is 55.1 cm³/mol. The van der Waals surface area contributed by atoms with Crippen molar-refractivity contribution in [3.63, 3.8) is 0 Å². The van der Waals surface area contributed by atoms with E-state index >= 15 is 0 Å². The highest BCUT2D eigenvalue weighted by Crippen LogP contribution is 2.20. The maximum atomic E-state index is 10.3. The van der Waals surface area contributed by atoms with Gasteiger partial charge in [0.2, 0.25) is 0 Å². The number of hydrogen-bond donors (Lipinski definition) is 0. The Morgan fingerprint density at radius 3 is 2.86 bits per heavy atom. The maximum absolute atomic E-state index is 10.3. The SMILES string of the molecule is O=CCc1nc(-c2ccncc2)cs1. The number of carbonyl (C=O) groups is 1. The third kappa shape index (κ3) is 1.85. The molecular weight excluding hydrogens is 196 g/mol. The summed E-state index contributed by atoms with van der Waals surface area (Å²) >= 11 is 1.51. The minimum atomic E-state index is 0.399. The molecule has 0 amide bonds. The molecule has 0 saturated carbocycles. The molecule has 3 nitrogen and oxygen atoms in total. The Balaban J connectivity index is 2.29. The molecule has 0 N–H and O–H groups in total. The van der Waals surface area contributed by atoms with Crippen LogP contribution in [-0.4, -0.2) is 16.3 Å². The largest absolute Gasteiger partial charge is 0.303 e. The fourth-order valence-corrected chi connectivity index (χ4v) is 1.88. The number of hydrogen-bond acceptors (Lipinski definition) is 4. The highest BCUT2D eigenvalue weighted by molar-refractivity contribution is 7.10. The van der Waals surface area contributed by atoms with Crippen LogP contribution in [0.2, 0.25) is 0 Å². The van der Waals surface area contributed by atoms with Gasteiger partial charge in [-0.3, -0.25) is 4.98 Å². The molecule has 0 aliphatic heterocycles. The molecule has 2 rings (SSSR count). The maximum Gasteiger partial charge on any atom is 0.126 e. The number of rotatable bonds is 3. The fourth-order valence-electron chi connectivity index (χ4n) is 1.13. The summed E-state index contributed by atoms with van der Waals surface area (Å²) in [5.41, 5.74) is 1.95. The van der Waals surface area contributed by atoms with Gasteiger partial charge in [0.1, 0.15) is 11.3 Å². The first kappa shape index (κ1) is 9.02. The molecular formula is C10H8N2OS. The van der Waals surface area contributed by atoms with E-state index in [2.05, 4.69) is 9.97 Å². The van der Waals surface area contributed by atoms with E-state index in [1.165, 1.54) is 11.3 Å². The van der Waals surface area contributed by atoms with Crippen LogP contribution >= 0.6 is 11.3 Å². The normalized spacial score (nSPS) is 10.0. The van der Waals surface area contributed by atoms with Gasteiger partial charge in [-0.15, -0.1) is 11.3 Å².